The molecule has 1 aromatic rings. The molecule has 1 saturated heterocycles. The van der Waals surface area contributed by atoms with E-state index < -0.39 is 5.91 Å². The quantitative estimate of drug-likeness (QED) is 0.908. The Hall–Kier alpha value is -1.40. The molecule has 0 saturated carbocycles. The first-order chi connectivity index (χ1) is 9.08. The van der Waals surface area contributed by atoms with E-state index in [-0.39, 0.29) is 28.3 Å². The van der Waals surface area contributed by atoms with Gasteiger partial charge in [0.1, 0.15) is 0 Å². The average molecular weight is 303 g/mol. The first-order valence-electron chi connectivity index (χ1n) is 5.82. The summed E-state index contributed by atoms with van der Waals surface area (Å²) in [6.07, 6.45) is 2.02. The van der Waals surface area contributed by atoms with E-state index in [1.54, 1.807) is 4.90 Å². The Balaban J connectivity index is 1.93. The topological polar surface area (TPSA) is 75.2 Å². The van der Waals surface area contributed by atoms with E-state index in [0.717, 1.165) is 25.9 Å². The van der Waals surface area contributed by atoms with Crippen LogP contribution in [0.5, 0.6) is 0 Å². The van der Waals surface area contributed by atoms with Crippen molar-refractivity contribution >= 4 is 35.0 Å². The number of halogens is 2. The van der Waals surface area contributed by atoms with Gasteiger partial charge in [-0.3, -0.25) is 9.59 Å². The Morgan fingerprint density at radius 3 is 2.63 bits per heavy atom. The van der Waals surface area contributed by atoms with Crippen LogP contribution < -0.4 is 5.32 Å². The van der Waals surface area contributed by atoms with Gasteiger partial charge in [-0.25, -0.2) is 0 Å². The van der Waals surface area contributed by atoms with Gasteiger partial charge in [-0.2, -0.15) is 0 Å². The fraction of sp³-hybridized carbons (Fsp3) is 0.455. The molecule has 8 heteroatoms. The highest BCUT2D eigenvalue weighted by molar-refractivity contribution is 6.34. The highest BCUT2D eigenvalue weighted by Crippen LogP contribution is 2.15. The van der Waals surface area contributed by atoms with Crippen molar-refractivity contribution in [2.45, 2.75) is 12.8 Å². The van der Waals surface area contributed by atoms with Crippen LogP contribution in [0.1, 0.15) is 23.2 Å². The number of rotatable bonds is 3. The number of hydrogen-bond donors (Lipinski definition) is 1. The lowest BCUT2D eigenvalue weighted by Gasteiger charge is -2.15. The van der Waals surface area contributed by atoms with Crippen LogP contribution in [0.15, 0.2) is 6.07 Å². The third-order valence-electron chi connectivity index (χ3n) is 2.82. The lowest BCUT2D eigenvalue weighted by atomic mass is 10.3. The van der Waals surface area contributed by atoms with E-state index in [9.17, 15) is 9.59 Å². The molecule has 19 heavy (non-hydrogen) atoms. The maximum atomic E-state index is 11.8. The molecule has 2 rings (SSSR count). The Labute approximate surface area is 120 Å². The molecule has 0 bridgehead atoms. The van der Waals surface area contributed by atoms with Crippen LogP contribution in [0.4, 0.5) is 0 Å². The highest BCUT2D eigenvalue weighted by atomic mass is 35.5. The first kappa shape index (κ1) is 14.0. The zero-order chi connectivity index (χ0) is 13.8. The monoisotopic (exact) mass is 302 g/mol. The molecule has 1 fully saturated rings. The van der Waals surface area contributed by atoms with Crippen molar-refractivity contribution in [3.8, 4) is 0 Å². The molecule has 0 spiro atoms. The SMILES string of the molecule is O=C(NCC(=O)N1CCCC1)c1cc(Cl)nnc1Cl. The minimum atomic E-state index is -0.491. The average Bonchev–Trinajstić information content (AvgIpc) is 2.92. The molecular weight excluding hydrogens is 291 g/mol. The molecule has 2 heterocycles. The molecule has 0 unspecified atom stereocenters. The molecule has 1 N–H and O–H groups in total. The number of carbonyl (C=O) groups excluding carboxylic acids is 2. The largest absolute Gasteiger partial charge is 0.343 e. The van der Waals surface area contributed by atoms with E-state index in [2.05, 4.69) is 15.5 Å². The molecule has 1 aliphatic rings. The second-order valence-corrected chi connectivity index (χ2v) is 4.89. The van der Waals surface area contributed by atoms with E-state index in [1.807, 2.05) is 0 Å². The van der Waals surface area contributed by atoms with Gasteiger partial charge in [0.15, 0.2) is 10.3 Å². The number of aromatic nitrogens is 2. The van der Waals surface area contributed by atoms with Gasteiger partial charge in [-0.05, 0) is 18.9 Å². The summed E-state index contributed by atoms with van der Waals surface area (Å²) in [5, 5.41) is 9.57. The third kappa shape index (κ3) is 3.54. The third-order valence-corrected chi connectivity index (χ3v) is 3.29. The molecule has 0 aliphatic carbocycles. The van der Waals surface area contributed by atoms with Gasteiger partial charge < -0.3 is 10.2 Å². The predicted molar refractivity (Wildman–Crippen MR) is 70.2 cm³/mol. The summed E-state index contributed by atoms with van der Waals surface area (Å²) >= 11 is 11.4. The number of nitrogens with zero attached hydrogens (tertiary/aromatic N) is 3. The summed E-state index contributed by atoms with van der Waals surface area (Å²) in [7, 11) is 0. The van der Waals surface area contributed by atoms with Gasteiger partial charge in [0.2, 0.25) is 5.91 Å². The molecule has 0 aromatic carbocycles. The van der Waals surface area contributed by atoms with Gasteiger partial charge in [0.25, 0.3) is 5.91 Å². The Morgan fingerprint density at radius 1 is 1.26 bits per heavy atom. The summed E-state index contributed by atoms with van der Waals surface area (Å²) in [6, 6.07) is 1.31. The van der Waals surface area contributed by atoms with Gasteiger partial charge in [-0.15, -0.1) is 10.2 Å². The lowest BCUT2D eigenvalue weighted by molar-refractivity contribution is -0.129. The molecule has 102 valence electrons. The van der Waals surface area contributed by atoms with Crippen LogP contribution in [0.25, 0.3) is 0 Å². The van der Waals surface area contributed by atoms with Crippen LogP contribution >= 0.6 is 23.2 Å². The normalized spacial score (nSPS) is 14.5. The Bertz CT molecular complexity index is 503. The van der Waals surface area contributed by atoms with Crippen LogP contribution in [-0.2, 0) is 4.79 Å². The first-order valence-corrected chi connectivity index (χ1v) is 6.58. The summed E-state index contributed by atoms with van der Waals surface area (Å²) in [4.78, 5) is 25.3. The van der Waals surface area contributed by atoms with Crippen molar-refractivity contribution in [1.82, 2.24) is 20.4 Å². The standard InChI is InChI=1S/C11H12Cl2N4O2/c12-8-5-7(10(13)16-15-8)11(19)14-6-9(18)17-3-1-2-4-17/h5H,1-4,6H2,(H,14,19). The van der Waals surface area contributed by atoms with Crippen molar-refractivity contribution < 1.29 is 9.59 Å². The predicted octanol–water partition coefficient (Wildman–Crippen LogP) is 1.14. The van der Waals surface area contributed by atoms with E-state index in [0.29, 0.717) is 0 Å². The molecular formula is C11H12Cl2N4O2. The van der Waals surface area contributed by atoms with Crippen molar-refractivity contribution in [3.63, 3.8) is 0 Å². The maximum absolute atomic E-state index is 11.8. The number of amides is 2. The molecule has 1 aliphatic heterocycles. The van der Waals surface area contributed by atoms with E-state index >= 15 is 0 Å². The fourth-order valence-electron chi connectivity index (χ4n) is 1.84. The van der Waals surface area contributed by atoms with Crippen LogP contribution in [0.2, 0.25) is 10.3 Å². The summed E-state index contributed by atoms with van der Waals surface area (Å²) in [5.41, 5.74) is 0.107. The van der Waals surface area contributed by atoms with Gasteiger partial charge in [0, 0.05) is 13.1 Å². The number of nitrogens with one attached hydrogen (secondary N) is 1. The number of likely N-dealkylation sites (tertiary alicyclic amines) is 1. The summed E-state index contributed by atoms with van der Waals surface area (Å²) in [5.74, 6) is -0.593. The van der Waals surface area contributed by atoms with Gasteiger partial charge >= 0.3 is 0 Å². The van der Waals surface area contributed by atoms with Gasteiger partial charge in [-0.1, -0.05) is 23.2 Å². The zero-order valence-electron chi connectivity index (χ0n) is 10.0. The van der Waals surface area contributed by atoms with E-state index in [4.69, 9.17) is 23.2 Å². The zero-order valence-corrected chi connectivity index (χ0v) is 11.5. The van der Waals surface area contributed by atoms with Gasteiger partial charge in [0.05, 0.1) is 12.1 Å². The molecule has 0 radical (unpaired) electrons. The molecule has 2 amide bonds. The second kappa shape index (κ2) is 6.16. The summed E-state index contributed by atoms with van der Waals surface area (Å²) < 4.78 is 0. The smallest absolute Gasteiger partial charge is 0.255 e. The maximum Gasteiger partial charge on any atom is 0.255 e. The summed E-state index contributed by atoms with van der Waals surface area (Å²) in [6.45, 7) is 1.44. The van der Waals surface area contributed by atoms with Crippen molar-refractivity contribution in [2.24, 2.45) is 0 Å². The Morgan fingerprint density at radius 2 is 1.95 bits per heavy atom. The minimum absolute atomic E-state index is 0.0458. The number of hydrogen-bond acceptors (Lipinski definition) is 4. The minimum Gasteiger partial charge on any atom is -0.343 e. The fourth-order valence-corrected chi connectivity index (χ4v) is 2.17. The number of carbonyl (C=O) groups is 2. The van der Waals surface area contributed by atoms with Crippen molar-refractivity contribution in [2.75, 3.05) is 19.6 Å². The van der Waals surface area contributed by atoms with Crippen molar-refractivity contribution in [1.29, 1.82) is 0 Å². The van der Waals surface area contributed by atoms with Crippen molar-refractivity contribution in [3.05, 3.63) is 21.9 Å². The lowest BCUT2D eigenvalue weighted by Crippen LogP contribution is -2.38. The van der Waals surface area contributed by atoms with Crippen LogP contribution in [-0.4, -0.2) is 46.5 Å². The van der Waals surface area contributed by atoms with E-state index in [1.165, 1.54) is 6.07 Å². The Kier molecular flexibility index (Phi) is 4.55. The van der Waals surface area contributed by atoms with Crippen LogP contribution in [0, 0.1) is 0 Å². The molecule has 1 aromatic heterocycles. The molecule has 0 atom stereocenters. The second-order valence-electron chi connectivity index (χ2n) is 4.14. The van der Waals surface area contributed by atoms with Crippen LogP contribution in [0.3, 0.4) is 0 Å². The highest BCUT2D eigenvalue weighted by Gasteiger charge is 2.19. The molecule has 6 nitrogen and oxygen atoms in total.